The van der Waals surface area contributed by atoms with Gasteiger partial charge in [0.25, 0.3) is 0 Å². The minimum absolute atomic E-state index is 0.0752. The van der Waals surface area contributed by atoms with Gasteiger partial charge in [-0.15, -0.1) is 11.8 Å². The molecule has 1 aliphatic rings. The molecule has 1 amide bonds. The summed E-state index contributed by atoms with van der Waals surface area (Å²) in [5.41, 5.74) is 0. The second-order valence-electron chi connectivity index (χ2n) is 5.56. The first kappa shape index (κ1) is 17.9. The molecule has 1 aromatic rings. The Bertz CT molecular complexity index is 505. The van der Waals surface area contributed by atoms with Gasteiger partial charge in [0.1, 0.15) is 0 Å². The molecule has 0 aliphatic carbocycles. The molecule has 1 N–H and O–H groups in total. The number of thioether (sulfide) groups is 1. The van der Waals surface area contributed by atoms with E-state index in [1.807, 2.05) is 18.2 Å². The van der Waals surface area contributed by atoms with E-state index in [9.17, 15) is 4.79 Å². The van der Waals surface area contributed by atoms with Crippen LogP contribution in [0.3, 0.4) is 0 Å². The zero-order valence-electron chi connectivity index (χ0n) is 14.0. The van der Waals surface area contributed by atoms with E-state index in [4.69, 9.17) is 9.47 Å². The van der Waals surface area contributed by atoms with Crippen LogP contribution in [0.1, 0.15) is 19.3 Å². The highest BCUT2D eigenvalue weighted by atomic mass is 32.2. The van der Waals surface area contributed by atoms with E-state index in [1.165, 1.54) is 37.7 Å². The molecule has 0 spiro atoms. The van der Waals surface area contributed by atoms with Gasteiger partial charge >= 0.3 is 0 Å². The van der Waals surface area contributed by atoms with Gasteiger partial charge in [-0.05, 0) is 57.1 Å². The summed E-state index contributed by atoms with van der Waals surface area (Å²) in [7, 11) is 3.22. The fraction of sp³-hybridized carbons (Fsp3) is 0.588. The van der Waals surface area contributed by atoms with Crippen LogP contribution in [0.5, 0.6) is 11.5 Å². The van der Waals surface area contributed by atoms with Gasteiger partial charge in [-0.2, -0.15) is 0 Å². The molecule has 0 atom stereocenters. The van der Waals surface area contributed by atoms with Crippen LogP contribution >= 0.6 is 11.8 Å². The lowest BCUT2D eigenvalue weighted by Gasteiger charge is -2.14. The number of nitrogens with one attached hydrogen (secondary N) is 1. The number of ether oxygens (including phenoxy) is 2. The number of hydrogen-bond acceptors (Lipinski definition) is 5. The zero-order chi connectivity index (χ0) is 16.5. The lowest BCUT2D eigenvalue weighted by atomic mass is 10.3. The number of carbonyl (C=O) groups is 1. The number of nitrogens with zero attached hydrogens (tertiary/aromatic N) is 1. The highest BCUT2D eigenvalue weighted by Gasteiger charge is 2.11. The Morgan fingerprint density at radius 3 is 2.65 bits per heavy atom. The Balaban J connectivity index is 1.65. The third kappa shape index (κ3) is 5.95. The Morgan fingerprint density at radius 1 is 1.22 bits per heavy atom. The largest absolute Gasteiger partial charge is 0.493 e. The standard InChI is InChI=1S/C17H26N2O3S/c1-21-15-7-6-14(12-16(15)22-2)23-13-17(20)18-8-5-11-19-9-3-4-10-19/h6-7,12H,3-5,8-11,13H2,1-2H3,(H,18,20). The molecule has 1 heterocycles. The van der Waals surface area contributed by atoms with Gasteiger partial charge in [-0.3, -0.25) is 4.79 Å². The second kappa shape index (κ2) is 9.67. The molecule has 6 heteroatoms. The predicted molar refractivity (Wildman–Crippen MR) is 93.6 cm³/mol. The van der Waals surface area contributed by atoms with Crippen LogP contribution in [-0.2, 0) is 4.79 Å². The molecule has 23 heavy (non-hydrogen) atoms. The maximum atomic E-state index is 11.9. The second-order valence-corrected chi connectivity index (χ2v) is 6.61. The van der Waals surface area contributed by atoms with E-state index in [-0.39, 0.29) is 5.91 Å². The topological polar surface area (TPSA) is 50.8 Å². The first-order valence-corrected chi connectivity index (χ1v) is 9.05. The lowest BCUT2D eigenvalue weighted by molar-refractivity contribution is -0.118. The van der Waals surface area contributed by atoms with Crippen molar-refractivity contribution >= 4 is 17.7 Å². The van der Waals surface area contributed by atoms with Gasteiger partial charge in [-0.1, -0.05) is 0 Å². The van der Waals surface area contributed by atoms with Gasteiger partial charge in [0.2, 0.25) is 5.91 Å². The first-order chi connectivity index (χ1) is 11.2. The highest BCUT2D eigenvalue weighted by Crippen LogP contribution is 2.31. The van der Waals surface area contributed by atoms with Crippen LogP contribution in [0.2, 0.25) is 0 Å². The van der Waals surface area contributed by atoms with Gasteiger partial charge in [0, 0.05) is 11.4 Å². The van der Waals surface area contributed by atoms with Crippen LogP contribution < -0.4 is 14.8 Å². The number of methoxy groups -OCH3 is 2. The van der Waals surface area contributed by atoms with Gasteiger partial charge in [0.15, 0.2) is 11.5 Å². The summed E-state index contributed by atoms with van der Waals surface area (Å²) in [6.07, 6.45) is 3.65. The van der Waals surface area contributed by atoms with Crippen molar-refractivity contribution in [1.29, 1.82) is 0 Å². The van der Waals surface area contributed by atoms with E-state index < -0.39 is 0 Å². The van der Waals surface area contributed by atoms with E-state index in [1.54, 1.807) is 14.2 Å². The molecule has 5 nitrogen and oxygen atoms in total. The van der Waals surface area contributed by atoms with E-state index in [0.29, 0.717) is 17.3 Å². The smallest absolute Gasteiger partial charge is 0.230 e. The van der Waals surface area contributed by atoms with Gasteiger partial charge < -0.3 is 19.7 Å². The summed E-state index contributed by atoms with van der Waals surface area (Å²) in [6.45, 7) is 4.26. The quantitative estimate of drug-likeness (QED) is 0.553. The molecule has 1 saturated heterocycles. The van der Waals surface area contributed by atoms with Crippen molar-refractivity contribution in [3.63, 3.8) is 0 Å². The van der Waals surface area contributed by atoms with Crippen molar-refractivity contribution in [2.45, 2.75) is 24.2 Å². The van der Waals surface area contributed by atoms with E-state index >= 15 is 0 Å². The number of benzene rings is 1. The number of carbonyl (C=O) groups excluding carboxylic acids is 1. The fourth-order valence-electron chi connectivity index (χ4n) is 2.64. The number of likely N-dealkylation sites (tertiary alicyclic amines) is 1. The van der Waals surface area contributed by atoms with Crippen LogP contribution in [0.4, 0.5) is 0 Å². The summed E-state index contributed by atoms with van der Waals surface area (Å²) >= 11 is 1.50. The minimum atomic E-state index is 0.0752. The number of rotatable bonds is 9. The summed E-state index contributed by atoms with van der Waals surface area (Å²) in [6, 6.07) is 5.69. The van der Waals surface area contributed by atoms with Crippen LogP contribution in [0.25, 0.3) is 0 Å². The highest BCUT2D eigenvalue weighted by molar-refractivity contribution is 8.00. The molecule has 0 bridgehead atoms. The van der Waals surface area contributed by atoms with Crippen molar-refractivity contribution in [2.24, 2.45) is 0 Å². The average Bonchev–Trinajstić information content (AvgIpc) is 3.10. The maximum Gasteiger partial charge on any atom is 0.230 e. The van der Waals surface area contributed by atoms with Crippen LogP contribution in [0, 0.1) is 0 Å². The monoisotopic (exact) mass is 338 g/mol. The van der Waals surface area contributed by atoms with Crippen LogP contribution in [-0.4, -0.2) is 57.0 Å². The van der Waals surface area contributed by atoms with Crippen molar-refractivity contribution in [1.82, 2.24) is 10.2 Å². The Hall–Kier alpha value is -1.40. The fourth-order valence-corrected chi connectivity index (χ4v) is 3.40. The zero-order valence-corrected chi connectivity index (χ0v) is 14.8. The van der Waals surface area contributed by atoms with Gasteiger partial charge in [0.05, 0.1) is 20.0 Å². The van der Waals surface area contributed by atoms with E-state index in [2.05, 4.69) is 10.2 Å². The van der Waals surface area contributed by atoms with Crippen molar-refractivity contribution in [2.75, 3.05) is 46.2 Å². The molecule has 1 aliphatic heterocycles. The Morgan fingerprint density at radius 2 is 1.96 bits per heavy atom. The average molecular weight is 338 g/mol. The molecule has 0 radical (unpaired) electrons. The Labute approximate surface area is 142 Å². The van der Waals surface area contributed by atoms with Gasteiger partial charge in [-0.25, -0.2) is 0 Å². The lowest BCUT2D eigenvalue weighted by Crippen LogP contribution is -2.29. The molecule has 1 aromatic carbocycles. The molecular formula is C17H26N2O3S. The molecular weight excluding hydrogens is 312 g/mol. The molecule has 0 aromatic heterocycles. The normalized spacial score (nSPS) is 14.7. The van der Waals surface area contributed by atoms with Crippen LogP contribution in [0.15, 0.2) is 23.1 Å². The number of hydrogen-bond donors (Lipinski definition) is 1. The molecule has 1 fully saturated rings. The van der Waals surface area contributed by atoms with Crippen molar-refractivity contribution in [3.8, 4) is 11.5 Å². The third-order valence-corrected chi connectivity index (χ3v) is 4.89. The van der Waals surface area contributed by atoms with E-state index in [0.717, 1.165) is 24.4 Å². The number of amides is 1. The first-order valence-electron chi connectivity index (χ1n) is 8.07. The summed E-state index contributed by atoms with van der Waals surface area (Å²) in [4.78, 5) is 15.3. The summed E-state index contributed by atoms with van der Waals surface area (Å²) in [5.74, 6) is 1.87. The molecule has 128 valence electrons. The third-order valence-electron chi connectivity index (χ3n) is 3.90. The van der Waals surface area contributed by atoms with Crippen molar-refractivity contribution in [3.05, 3.63) is 18.2 Å². The molecule has 0 unspecified atom stereocenters. The Kier molecular flexibility index (Phi) is 7.55. The maximum absolute atomic E-state index is 11.9. The molecule has 2 rings (SSSR count). The minimum Gasteiger partial charge on any atom is -0.493 e. The molecule has 0 saturated carbocycles. The summed E-state index contributed by atoms with van der Waals surface area (Å²) in [5, 5.41) is 2.99. The van der Waals surface area contributed by atoms with Crippen molar-refractivity contribution < 1.29 is 14.3 Å². The SMILES string of the molecule is COc1ccc(SCC(=O)NCCCN2CCCC2)cc1OC. The summed E-state index contributed by atoms with van der Waals surface area (Å²) < 4.78 is 10.5. The predicted octanol–water partition coefficient (Wildman–Crippen LogP) is 2.40.